The molecule has 1 aliphatic rings. The number of pyridine rings is 1. The Kier molecular flexibility index (Phi) is 5.30. The number of halogens is 4. The summed E-state index contributed by atoms with van der Waals surface area (Å²) >= 11 is 6.64. The highest BCUT2D eigenvalue weighted by Crippen LogP contribution is 2.45. The monoisotopic (exact) mass is 468 g/mol. The number of thiophene rings is 1. The molecule has 3 heterocycles. The van der Waals surface area contributed by atoms with Crippen LogP contribution in [0.2, 0.25) is 5.02 Å². The number of rotatable bonds is 2. The van der Waals surface area contributed by atoms with E-state index in [0.29, 0.717) is 10.7 Å². The number of benzene rings is 1. The third kappa shape index (κ3) is 3.92. The third-order valence-corrected chi connectivity index (χ3v) is 6.42. The van der Waals surface area contributed by atoms with E-state index in [-0.39, 0.29) is 57.5 Å². The van der Waals surface area contributed by atoms with Crippen molar-refractivity contribution in [2.45, 2.75) is 26.1 Å². The van der Waals surface area contributed by atoms with Gasteiger partial charge in [-0.1, -0.05) is 11.6 Å². The minimum atomic E-state index is -4.73. The van der Waals surface area contributed by atoms with E-state index in [9.17, 15) is 22.8 Å². The van der Waals surface area contributed by atoms with E-state index >= 15 is 0 Å². The van der Waals surface area contributed by atoms with E-state index in [1.165, 1.54) is 11.8 Å². The molecule has 2 aromatic heterocycles. The molecule has 2 amide bonds. The van der Waals surface area contributed by atoms with Crippen LogP contribution in [0.4, 0.5) is 24.5 Å². The number of nitrogens with one attached hydrogen (secondary N) is 1. The zero-order chi connectivity index (χ0) is 22.5. The zero-order valence-corrected chi connectivity index (χ0v) is 17.7. The topological polar surface area (TPSA) is 88.3 Å². The first-order chi connectivity index (χ1) is 14.6. The first kappa shape index (κ1) is 21.4. The molecule has 0 saturated heterocycles. The van der Waals surface area contributed by atoms with Crippen molar-refractivity contribution in [1.82, 2.24) is 9.88 Å². The predicted octanol–water partition coefficient (Wildman–Crippen LogP) is 4.71. The maximum absolute atomic E-state index is 14.1. The summed E-state index contributed by atoms with van der Waals surface area (Å²) in [4.78, 5) is 30.2. The molecule has 1 aromatic carbocycles. The predicted molar refractivity (Wildman–Crippen MR) is 113 cm³/mol. The zero-order valence-electron chi connectivity index (χ0n) is 16.1. The average molecular weight is 469 g/mol. The number of anilines is 2. The number of fused-ring (bicyclic) bond motifs is 2. The maximum atomic E-state index is 14.1. The highest BCUT2D eigenvalue weighted by Gasteiger charge is 2.41. The van der Waals surface area contributed by atoms with Crippen molar-refractivity contribution in [3.8, 4) is 0 Å². The van der Waals surface area contributed by atoms with Gasteiger partial charge in [-0.15, -0.1) is 11.3 Å². The number of nitrogen functional groups attached to an aromatic ring is 1. The lowest BCUT2D eigenvalue weighted by molar-refractivity contribution is -0.138. The molecular weight excluding hydrogens is 453 g/mol. The second-order valence-electron chi connectivity index (χ2n) is 7.09. The van der Waals surface area contributed by atoms with Crippen molar-refractivity contribution in [1.29, 1.82) is 0 Å². The van der Waals surface area contributed by atoms with Gasteiger partial charge in [0.2, 0.25) is 5.91 Å². The fraction of sp³-hybridized carbons (Fsp3) is 0.250. The van der Waals surface area contributed by atoms with E-state index in [1.54, 1.807) is 24.3 Å². The van der Waals surface area contributed by atoms with Gasteiger partial charge in [-0.25, -0.2) is 4.98 Å². The molecule has 3 N–H and O–H groups in total. The number of nitrogens with zero attached hydrogens (tertiary/aromatic N) is 2. The van der Waals surface area contributed by atoms with Crippen molar-refractivity contribution in [3.63, 3.8) is 0 Å². The molecule has 162 valence electrons. The van der Waals surface area contributed by atoms with Gasteiger partial charge in [0.25, 0.3) is 5.91 Å². The molecule has 0 spiro atoms. The first-order valence-corrected chi connectivity index (χ1v) is 10.4. The van der Waals surface area contributed by atoms with Gasteiger partial charge in [-0.2, -0.15) is 13.2 Å². The van der Waals surface area contributed by atoms with Crippen molar-refractivity contribution in [3.05, 3.63) is 51.0 Å². The lowest BCUT2D eigenvalue weighted by Crippen LogP contribution is -2.36. The summed E-state index contributed by atoms with van der Waals surface area (Å²) in [6, 6.07) is 6.28. The normalized spacial score (nSPS) is 13.9. The van der Waals surface area contributed by atoms with Crippen LogP contribution in [0.15, 0.2) is 24.3 Å². The van der Waals surface area contributed by atoms with Gasteiger partial charge in [0, 0.05) is 53.8 Å². The quantitative estimate of drug-likeness (QED) is 0.570. The number of alkyl halides is 3. The molecule has 0 aliphatic carbocycles. The van der Waals surface area contributed by atoms with Gasteiger partial charge < -0.3 is 16.0 Å². The molecule has 1 aliphatic heterocycles. The average Bonchev–Trinajstić information content (AvgIpc) is 3.02. The van der Waals surface area contributed by atoms with Gasteiger partial charge in [0.05, 0.1) is 11.3 Å². The minimum Gasteiger partial charge on any atom is -0.397 e. The van der Waals surface area contributed by atoms with Gasteiger partial charge >= 0.3 is 6.18 Å². The number of aromatic nitrogens is 1. The molecule has 0 radical (unpaired) electrons. The van der Waals surface area contributed by atoms with Crippen LogP contribution in [-0.4, -0.2) is 28.2 Å². The Morgan fingerprint density at radius 2 is 1.94 bits per heavy atom. The van der Waals surface area contributed by atoms with Crippen LogP contribution in [0, 0.1) is 0 Å². The Hall–Kier alpha value is -2.85. The summed E-state index contributed by atoms with van der Waals surface area (Å²) < 4.78 is 42.3. The minimum absolute atomic E-state index is 0.0427. The largest absolute Gasteiger partial charge is 0.417 e. The van der Waals surface area contributed by atoms with Crippen molar-refractivity contribution in [2.24, 2.45) is 0 Å². The molecule has 3 aromatic rings. The smallest absolute Gasteiger partial charge is 0.397 e. The van der Waals surface area contributed by atoms with Crippen LogP contribution in [0.5, 0.6) is 0 Å². The van der Waals surface area contributed by atoms with Gasteiger partial charge in [-0.3, -0.25) is 9.59 Å². The second-order valence-corrected chi connectivity index (χ2v) is 8.52. The second kappa shape index (κ2) is 7.69. The Morgan fingerprint density at radius 3 is 2.55 bits per heavy atom. The van der Waals surface area contributed by atoms with Gasteiger partial charge in [0.15, 0.2) is 0 Å². The fourth-order valence-electron chi connectivity index (χ4n) is 3.60. The van der Waals surface area contributed by atoms with E-state index in [4.69, 9.17) is 17.3 Å². The van der Waals surface area contributed by atoms with Gasteiger partial charge in [0.1, 0.15) is 9.71 Å². The number of hydrogen-bond donors (Lipinski definition) is 2. The molecule has 4 rings (SSSR count). The van der Waals surface area contributed by atoms with E-state index in [0.717, 1.165) is 11.3 Å². The maximum Gasteiger partial charge on any atom is 0.417 e. The van der Waals surface area contributed by atoms with Crippen LogP contribution >= 0.6 is 22.9 Å². The fourth-order valence-corrected chi connectivity index (χ4v) is 4.74. The number of carbonyl (C=O) groups is 2. The van der Waals surface area contributed by atoms with Crippen molar-refractivity contribution >= 4 is 56.3 Å². The molecule has 31 heavy (non-hydrogen) atoms. The molecule has 6 nitrogen and oxygen atoms in total. The Balaban J connectivity index is 1.84. The number of carbonyl (C=O) groups excluding carboxylic acids is 2. The molecule has 0 fully saturated rings. The van der Waals surface area contributed by atoms with Gasteiger partial charge in [-0.05, 0) is 24.3 Å². The third-order valence-electron chi connectivity index (χ3n) is 5.07. The molecule has 0 saturated carbocycles. The van der Waals surface area contributed by atoms with Crippen LogP contribution in [0.25, 0.3) is 10.2 Å². The lowest BCUT2D eigenvalue weighted by Gasteiger charge is -2.29. The molecular formula is C20H16ClF3N4O2S. The summed E-state index contributed by atoms with van der Waals surface area (Å²) in [5.41, 5.74) is 5.45. The van der Waals surface area contributed by atoms with Crippen LogP contribution in [0.3, 0.4) is 0 Å². The van der Waals surface area contributed by atoms with Crippen molar-refractivity contribution in [2.75, 3.05) is 17.6 Å². The standard InChI is InChI=1S/C20H16ClF3N4O2S/c1-9(29)28-7-6-13-12(8-28)15(20(22,23)24)14-16(25)17(31-19(14)27-13)18(30)26-11-4-2-10(21)3-5-11/h2-5H,6-8,25H2,1H3,(H,26,30). The van der Waals surface area contributed by atoms with Crippen LogP contribution in [0.1, 0.15) is 33.4 Å². The number of amides is 2. The molecule has 0 unspecified atom stereocenters. The summed E-state index contributed by atoms with van der Waals surface area (Å²) in [5, 5.41) is 2.78. The Bertz CT molecular complexity index is 1210. The highest BCUT2D eigenvalue weighted by atomic mass is 35.5. The van der Waals surface area contributed by atoms with E-state index in [2.05, 4.69) is 10.3 Å². The van der Waals surface area contributed by atoms with E-state index in [1.807, 2.05) is 0 Å². The Labute approximate surface area is 183 Å². The Morgan fingerprint density at radius 1 is 1.26 bits per heavy atom. The first-order valence-electron chi connectivity index (χ1n) is 9.19. The number of hydrogen-bond acceptors (Lipinski definition) is 5. The van der Waals surface area contributed by atoms with Crippen molar-refractivity contribution < 1.29 is 22.8 Å². The van der Waals surface area contributed by atoms with Crippen LogP contribution in [-0.2, 0) is 23.9 Å². The van der Waals surface area contributed by atoms with Crippen LogP contribution < -0.4 is 11.1 Å². The summed E-state index contributed by atoms with van der Waals surface area (Å²) in [6.45, 7) is 1.38. The molecule has 0 bridgehead atoms. The number of nitrogens with two attached hydrogens (primary N) is 1. The lowest BCUT2D eigenvalue weighted by atomic mass is 9.96. The molecule has 11 heteroatoms. The summed E-state index contributed by atoms with van der Waals surface area (Å²) in [5.74, 6) is -0.959. The molecule has 0 atom stereocenters. The highest BCUT2D eigenvalue weighted by molar-refractivity contribution is 7.21. The van der Waals surface area contributed by atoms with E-state index < -0.39 is 17.6 Å². The summed E-state index contributed by atoms with van der Waals surface area (Å²) in [6.07, 6.45) is -4.54. The SMILES string of the molecule is CC(=O)N1CCc2nc3sc(C(=O)Nc4ccc(Cl)cc4)c(N)c3c(C(F)(F)F)c2C1. The summed E-state index contributed by atoms with van der Waals surface area (Å²) in [7, 11) is 0.